The fourth-order valence-electron chi connectivity index (χ4n) is 1.86. The molecule has 0 spiro atoms. The molecular formula is C12H17N3O3. The quantitative estimate of drug-likeness (QED) is 0.775. The van der Waals surface area contributed by atoms with E-state index in [1.807, 2.05) is 12.1 Å². The molecule has 1 aromatic heterocycles. The standard InChI is InChI=1S/C12H17N3O3/c13-10(12(16)17)7-9-1-2-11(14-8-9)15-3-5-18-6-4-15/h1-2,8,10H,3-7,13H2,(H,16,17)/t10-/m0/s1. The van der Waals surface area contributed by atoms with E-state index in [4.69, 9.17) is 15.6 Å². The number of rotatable bonds is 4. The van der Waals surface area contributed by atoms with Crippen LogP contribution in [0.3, 0.4) is 0 Å². The molecule has 0 radical (unpaired) electrons. The van der Waals surface area contributed by atoms with Gasteiger partial charge in [-0.05, 0) is 18.1 Å². The van der Waals surface area contributed by atoms with Crippen molar-refractivity contribution in [3.63, 3.8) is 0 Å². The second-order valence-electron chi connectivity index (χ2n) is 4.27. The highest BCUT2D eigenvalue weighted by molar-refractivity contribution is 5.73. The molecule has 1 aromatic rings. The van der Waals surface area contributed by atoms with E-state index in [9.17, 15) is 4.79 Å². The summed E-state index contributed by atoms with van der Waals surface area (Å²) in [5.41, 5.74) is 6.31. The maximum absolute atomic E-state index is 10.7. The van der Waals surface area contributed by atoms with Crippen molar-refractivity contribution in [1.82, 2.24) is 4.98 Å². The molecule has 98 valence electrons. The van der Waals surface area contributed by atoms with Gasteiger partial charge in [-0.3, -0.25) is 4.79 Å². The van der Waals surface area contributed by atoms with E-state index < -0.39 is 12.0 Å². The van der Waals surface area contributed by atoms with Crippen LogP contribution >= 0.6 is 0 Å². The van der Waals surface area contributed by atoms with Crippen molar-refractivity contribution in [3.05, 3.63) is 23.9 Å². The number of aliphatic carboxylic acids is 1. The molecule has 2 heterocycles. The van der Waals surface area contributed by atoms with Gasteiger partial charge in [0.1, 0.15) is 11.9 Å². The number of carbonyl (C=O) groups is 1. The molecule has 0 bridgehead atoms. The van der Waals surface area contributed by atoms with Crippen LogP contribution in [0.2, 0.25) is 0 Å². The molecule has 6 nitrogen and oxygen atoms in total. The van der Waals surface area contributed by atoms with Crippen molar-refractivity contribution in [1.29, 1.82) is 0 Å². The fourth-order valence-corrected chi connectivity index (χ4v) is 1.86. The lowest BCUT2D eigenvalue weighted by Gasteiger charge is -2.27. The summed E-state index contributed by atoms with van der Waals surface area (Å²) in [5.74, 6) is -0.0989. The van der Waals surface area contributed by atoms with Crippen molar-refractivity contribution in [3.8, 4) is 0 Å². The van der Waals surface area contributed by atoms with Gasteiger partial charge in [0.05, 0.1) is 13.2 Å². The number of carboxylic acids is 1. The summed E-state index contributed by atoms with van der Waals surface area (Å²) in [6, 6.07) is 2.90. The van der Waals surface area contributed by atoms with Gasteiger partial charge in [0.15, 0.2) is 0 Å². The average Bonchev–Trinajstić information content (AvgIpc) is 2.40. The van der Waals surface area contributed by atoms with Crippen LogP contribution in [-0.4, -0.2) is 48.4 Å². The Bertz CT molecular complexity index is 402. The normalized spacial score (nSPS) is 17.5. The number of pyridine rings is 1. The van der Waals surface area contributed by atoms with Crippen LogP contribution in [0.4, 0.5) is 5.82 Å². The predicted molar refractivity (Wildman–Crippen MR) is 66.6 cm³/mol. The van der Waals surface area contributed by atoms with Crippen molar-refractivity contribution in [2.24, 2.45) is 5.73 Å². The lowest BCUT2D eigenvalue weighted by molar-refractivity contribution is -0.138. The average molecular weight is 251 g/mol. The Morgan fingerprint density at radius 3 is 2.78 bits per heavy atom. The molecule has 0 aromatic carbocycles. The van der Waals surface area contributed by atoms with E-state index in [1.165, 1.54) is 0 Å². The summed E-state index contributed by atoms with van der Waals surface area (Å²) in [6.07, 6.45) is 1.99. The van der Waals surface area contributed by atoms with Crippen LogP contribution in [0.1, 0.15) is 5.56 Å². The fraction of sp³-hybridized carbons (Fsp3) is 0.500. The maximum atomic E-state index is 10.7. The number of hydrogen-bond acceptors (Lipinski definition) is 5. The van der Waals surface area contributed by atoms with E-state index in [-0.39, 0.29) is 0 Å². The zero-order chi connectivity index (χ0) is 13.0. The van der Waals surface area contributed by atoms with Gasteiger partial charge in [0, 0.05) is 19.3 Å². The monoisotopic (exact) mass is 251 g/mol. The Morgan fingerprint density at radius 2 is 2.22 bits per heavy atom. The second kappa shape index (κ2) is 5.79. The lowest BCUT2D eigenvalue weighted by atomic mass is 10.1. The highest BCUT2D eigenvalue weighted by Crippen LogP contribution is 2.13. The van der Waals surface area contributed by atoms with Gasteiger partial charge in [-0.15, -0.1) is 0 Å². The molecular weight excluding hydrogens is 234 g/mol. The second-order valence-corrected chi connectivity index (χ2v) is 4.27. The molecule has 1 fully saturated rings. The number of aromatic nitrogens is 1. The molecule has 0 unspecified atom stereocenters. The van der Waals surface area contributed by atoms with E-state index >= 15 is 0 Å². The van der Waals surface area contributed by atoms with E-state index in [1.54, 1.807) is 6.20 Å². The largest absolute Gasteiger partial charge is 0.480 e. The van der Waals surface area contributed by atoms with E-state index in [0.29, 0.717) is 19.6 Å². The van der Waals surface area contributed by atoms with Gasteiger partial charge in [-0.1, -0.05) is 6.07 Å². The Morgan fingerprint density at radius 1 is 1.50 bits per heavy atom. The number of hydrogen-bond donors (Lipinski definition) is 2. The summed E-state index contributed by atoms with van der Waals surface area (Å²) < 4.78 is 5.27. The lowest BCUT2D eigenvalue weighted by Crippen LogP contribution is -2.36. The molecule has 1 aliphatic heterocycles. The van der Waals surface area contributed by atoms with E-state index in [0.717, 1.165) is 24.5 Å². The topological polar surface area (TPSA) is 88.7 Å². The van der Waals surface area contributed by atoms with Gasteiger partial charge in [-0.2, -0.15) is 0 Å². The van der Waals surface area contributed by atoms with Crippen molar-refractivity contribution in [2.45, 2.75) is 12.5 Å². The Balaban J connectivity index is 1.98. The van der Waals surface area contributed by atoms with Gasteiger partial charge in [-0.25, -0.2) is 4.98 Å². The van der Waals surface area contributed by atoms with Gasteiger partial charge in [0.25, 0.3) is 0 Å². The minimum atomic E-state index is -0.993. The summed E-state index contributed by atoms with van der Waals surface area (Å²) in [4.78, 5) is 17.1. The number of nitrogens with zero attached hydrogens (tertiary/aromatic N) is 2. The third-order valence-electron chi connectivity index (χ3n) is 2.92. The molecule has 1 atom stereocenters. The Labute approximate surface area is 105 Å². The number of morpholine rings is 1. The van der Waals surface area contributed by atoms with Gasteiger partial charge < -0.3 is 20.5 Å². The van der Waals surface area contributed by atoms with Crippen LogP contribution in [0.15, 0.2) is 18.3 Å². The van der Waals surface area contributed by atoms with Crippen LogP contribution < -0.4 is 10.6 Å². The zero-order valence-corrected chi connectivity index (χ0v) is 10.1. The minimum absolute atomic E-state index is 0.297. The SMILES string of the molecule is N[C@@H](Cc1ccc(N2CCOCC2)nc1)C(=O)O. The van der Waals surface area contributed by atoms with Crippen molar-refractivity contribution in [2.75, 3.05) is 31.2 Å². The molecule has 6 heteroatoms. The molecule has 1 aliphatic rings. The Kier molecular flexibility index (Phi) is 4.11. The predicted octanol–water partition coefficient (Wildman–Crippen LogP) is -0.127. The molecule has 3 N–H and O–H groups in total. The molecule has 0 saturated carbocycles. The third-order valence-corrected chi connectivity index (χ3v) is 2.92. The number of carboxylic acid groups (broad SMARTS) is 1. The maximum Gasteiger partial charge on any atom is 0.320 e. The molecule has 0 amide bonds. The number of anilines is 1. The third kappa shape index (κ3) is 3.18. The molecule has 2 rings (SSSR count). The van der Waals surface area contributed by atoms with Crippen LogP contribution in [0, 0.1) is 0 Å². The van der Waals surface area contributed by atoms with E-state index in [2.05, 4.69) is 9.88 Å². The molecule has 18 heavy (non-hydrogen) atoms. The molecule has 1 saturated heterocycles. The van der Waals surface area contributed by atoms with Crippen LogP contribution in [0.25, 0.3) is 0 Å². The smallest absolute Gasteiger partial charge is 0.320 e. The summed E-state index contributed by atoms with van der Waals surface area (Å²) in [5, 5.41) is 8.73. The summed E-state index contributed by atoms with van der Waals surface area (Å²) in [6.45, 7) is 3.10. The highest BCUT2D eigenvalue weighted by atomic mass is 16.5. The van der Waals surface area contributed by atoms with Gasteiger partial charge >= 0.3 is 5.97 Å². The number of ether oxygens (including phenoxy) is 1. The first-order valence-corrected chi connectivity index (χ1v) is 5.93. The molecule has 0 aliphatic carbocycles. The van der Waals surface area contributed by atoms with Crippen molar-refractivity contribution < 1.29 is 14.6 Å². The first-order valence-electron chi connectivity index (χ1n) is 5.93. The van der Waals surface area contributed by atoms with Crippen molar-refractivity contribution >= 4 is 11.8 Å². The highest BCUT2D eigenvalue weighted by Gasteiger charge is 2.14. The first kappa shape index (κ1) is 12.8. The first-order chi connectivity index (χ1) is 8.66. The summed E-state index contributed by atoms with van der Waals surface area (Å²) >= 11 is 0. The van der Waals surface area contributed by atoms with Crippen LogP contribution in [0.5, 0.6) is 0 Å². The van der Waals surface area contributed by atoms with Gasteiger partial charge in [0.2, 0.25) is 0 Å². The number of nitrogens with two attached hydrogens (primary N) is 1. The summed E-state index contributed by atoms with van der Waals surface area (Å²) in [7, 11) is 0. The Hall–Kier alpha value is -1.66. The van der Waals surface area contributed by atoms with Crippen LogP contribution in [-0.2, 0) is 16.0 Å². The minimum Gasteiger partial charge on any atom is -0.480 e. The zero-order valence-electron chi connectivity index (χ0n) is 10.1.